The summed E-state index contributed by atoms with van der Waals surface area (Å²) in [5, 5.41) is 2.96. The minimum Gasteiger partial charge on any atom is -0.463 e. The molecule has 0 saturated heterocycles. The van der Waals surface area contributed by atoms with E-state index < -0.39 is 6.04 Å². The second-order valence-corrected chi connectivity index (χ2v) is 6.62. The van der Waals surface area contributed by atoms with Crippen LogP contribution >= 0.6 is 0 Å². The van der Waals surface area contributed by atoms with Gasteiger partial charge in [-0.25, -0.2) is 0 Å². The largest absolute Gasteiger partial charge is 0.463 e. The lowest BCUT2D eigenvalue weighted by molar-refractivity contribution is -0.147. The topological polar surface area (TPSA) is 58.6 Å². The molecule has 5 nitrogen and oxygen atoms in total. The fourth-order valence-corrected chi connectivity index (χ4v) is 2.58. The zero-order chi connectivity index (χ0) is 19.1. The van der Waals surface area contributed by atoms with E-state index in [0.717, 1.165) is 11.3 Å². The van der Waals surface area contributed by atoms with Gasteiger partial charge in [0, 0.05) is 25.3 Å². The summed E-state index contributed by atoms with van der Waals surface area (Å²) in [5.41, 5.74) is 2.35. The lowest BCUT2D eigenvalue weighted by Gasteiger charge is -2.20. The van der Waals surface area contributed by atoms with Gasteiger partial charge in [0.05, 0.1) is 18.6 Å². The van der Waals surface area contributed by atoms with Gasteiger partial charge < -0.3 is 15.0 Å². The van der Waals surface area contributed by atoms with Crippen molar-refractivity contribution >= 4 is 17.6 Å². The number of carbonyl (C=O) groups is 2. The molecule has 0 saturated carbocycles. The highest BCUT2D eigenvalue weighted by molar-refractivity contribution is 5.95. The van der Waals surface area contributed by atoms with Crippen LogP contribution in [0.4, 0.5) is 5.69 Å². The van der Waals surface area contributed by atoms with E-state index in [1.54, 1.807) is 19.9 Å². The molecule has 0 aliphatic carbocycles. The molecule has 1 atom stereocenters. The smallest absolute Gasteiger partial charge is 0.308 e. The monoisotopic (exact) mass is 354 g/mol. The molecule has 2 aromatic carbocycles. The van der Waals surface area contributed by atoms with Gasteiger partial charge in [0.15, 0.2) is 0 Å². The molecule has 0 fully saturated rings. The molecule has 0 bridgehead atoms. The molecule has 0 aliphatic rings. The minimum atomic E-state index is -0.446. The number of ether oxygens (including phenoxy) is 1. The summed E-state index contributed by atoms with van der Waals surface area (Å²) < 4.78 is 5.24. The standard InChI is InChI=1S/C21H26N2O3/c1-15(2)26-20(24)14-19(16-9-6-5-7-10-16)22-21(25)17-11-8-12-18(13-17)23(3)4/h5-13,15,19H,14H2,1-4H3,(H,22,25). The average molecular weight is 354 g/mol. The molecule has 2 rings (SSSR count). The maximum atomic E-state index is 12.7. The van der Waals surface area contributed by atoms with Crippen molar-refractivity contribution in [2.45, 2.75) is 32.4 Å². The number of hydrogen-bond donors (Lipinski definition) is 1. The van der Waals surface area contributed by atoms with Crippen LogP contribution in [0.15, 0.2) is 54.6 Å². The van der Waals surface area contributed by atoms with Gasteiger partial charge in [-0.15, -0.1) is 0 Å². The van der Waals surface area contributed by atoms with E-state index in [-0.39, 0.29) is 24.4 Å². The van der Waals surface area contributed by atoms with E-state index in [1.165, 1.54) is 0 Å². The second-order valence-electron chi connectivity index (χ2n) is 6.62. The fourth-order valence-electron chi connectivity index (χ4n) is 2.58. The molecule has 1 amide bonds. The molecule has 0 aliphatic heterocycles. The van der Waals surface area contributed by atoms with Crippen LogP contribution in [0.3, 0.4) is 0 Å². The van der Waals surface area contributed by atoms with Gasteiger partial charge in [0.1, 0.15) is 0 Å². The lowest BCUT2D eigenvalue weighted by Crippen LogP contribution is -2.31. The molecule has 1 N–H and O–H groups in total. The van der Waals surface area contributed by atoms with Crippen molar-refractivity contribution in [2.24, 2.45) is 0 Å². The number of benzene rings is 2. The SMILES string of the molecule is CC(C)OC(=O)CC(NC(=O)c1cccc(N(C)C)c1)c1ccccc1. The predicted molar refractivity (Wildman–Crippen MR) is 103 cm³/mol. The highest BCUT2D eigenvalue weighted by atomic mass is 16.5. The highest BCUT2D eigenvalue weighted by Gasteiger charge is 2.21. The highest BCUT2D eigenvalue weighted by Crippen LogP contribution is 2.20. The summed E-state index contributed by atoms with van der Waals surface area (Å²) in [5.74, 6) is -0.559. The number of esters is 1. The Kier molecular flexibility index (Phi) is 6.78. The van der Waals surface area contributed by atoms with Gasteiger partial charge >= 0.3 is 5.97 Å². The van der Waals surface area contributed by atoms with Gasteiger partial charge in [0.2, 0.25) is 0 Å². The van der Waals surface area contributed by atoms with Crippen molar-refractivity contribution in [3.63, 3.8) is 0 Å². The van der Waals surface area contributed by atoms with Gasteiger partial charge in [-0.1, -0.05) is 36.4 Å². The molecule has 5 heteroatoms. The van der Waals surface area contributed by atoms with Crippen LogP contribution in [-0.4, -0.2) is 32.1 Å². The van der Waals surface area contributed by atoms with Crippen LogP contribution in [0.5, 0.6) is 0 Å². The number of amides is 1. The van der Waals surface area contributed by atoms with E-state index in [1.807, 2.05) is 67.5 Å². The van der Waals surface area contributed by atoms with Crippen molar-refractivity contribution in [1.29, 1.82) is 0 Å². The van der Waals surface area contributed by atoms with Crippen molar-refractivity contribution in [3.8, 4) is 0 Å². The third-order valence-corrected chi connectivity index (χ3v) is 3.87. The Morgan fingerprint density at radius 3 is 2.35 bits per heavy atom. The van der Waals surface area contributed by atoms with E-state index in [0.29, 0.717) is 5.56 Å². The molecule has 2 aromatic rings. The summed E-state index contributed by atoms with van der Waals surface area (Å²) in [7, 11) is 3.84. The molecule has 0 aromatic heterocycles. The first-order valence-electron chi connectivity index (χ1n) is 8.69. The molecule has 0 heterocycles. The maximum Gasteiger partial charge on any atom is 0.308 e. The molecule has 0 radical (unpaired) electrons. The average Bonchev–Trinajstić information content (AvgIpc) is 2.61. The second kappa shape index (κ2) is 9.04. The van der Waals surface area contributed by atoms with Crippen LogP contribution < -0.4 is 10.2 Å². The van der Waals surface area contributed by atoms with Gasteiger partial charge in [-0.2, -0.15) is 0 Å². The maximum absolute atomic E-state index is 12.7. The number of rotatable bonds is 7. The summed E-state index contributed by atoms with van der Waals surface area (Å²) in [6.45, 7) is 3.61. The van der Waals surface area contributed by atoms with Crippen LogP contribution in [0, 0.1) is 0 Å². The number of hydrogen-bond acceptors (Lipinski definition) is 4. The number of nitrogens with one attached hydrogen (secondary N) is 1. The van der Waals surface area contributed by atoms with E-state index in [2.05, 4.69) is 5.32 Å². The third-order valence-electron chi connectivity index (χ3n) is 3.87. The molecule has 1 unspecified atom stereocenters. The first-order chi connectivity index (χ1) is 12.4. The van der Waals surface area contributed by atoms with Crippen LogP contribution in [0.25, 0.3) is 0 Å². The quantitative estimate of drug-likeness (QED) is 0.773. The lowest BCUT2D eigenvalue weighted by atomic mass is 10.0. The zero-order valence-electron chi connectivity index (χ0n) is 15.7. The Hall–Kier alpha value is -2.82. The Morgan fingerprint density at radius 2 is 1.73 bits per heavy atom. The molecule has 138 valence electrons. The summed E-state index contributed by atoms with van der Waals surface area (Å²) in [4.78, 5) is 26.8. The van der Waals surface area contributed by atoms with Crippen molar-refractivity contribution in [3.05, 3.63) is 65.7 Å². The fraction of sp³-hybridized carbons (Fsp3) is 0.333. The van der Waals surface area contributed by atoms with Crippen molar-refractivity contribution in [2.75, 3.05) is 19.0 Å². The Morgan fingerprint density at radius 1 is 1.04 bits per heavy atom. The first-order valence-corrected chi connectivity index (χ1v) is 8.69. The predicted octanol–water partition coefficient (Wildman–Crippen LogP) is 3.57. The first kappa shape index (κ1) is 19.5. The van der Waals surface area contributed by atoms with E-state index in [4.69, 9.17) is 4.74 Å². The number of anilines is 1. The number of nitrogens with zero attached hydrogens (tertiary/aromatic N) is 1. The summed E-state index contributed by atoms with van der Waals surface area (Å²) in [6, 6.07) is 16.4. The van der Waals surface area contributed by atoms with Gasteiger partial charge in [-0.3, -0.25) is 9.59 Å². The summed E-state index contributed by atoms with van der Waals surface area (Å²) >= 11 is 0. The molecular formula is C21H26N2O3. The Bertz CT molecular complexity index is 742. The minimum absolute atomic E-state index is 0.0846. The van der Waals surface area contributed by atoms with Crippen molar-refractivity contribution < 1.29 is 14.3 Å². The van der Waals surface area contributed by atoms with E-state index in [9.17, 15) is 9.59 Å². The van der Waals surface area contributed by atoms with Crippen LogP contribution in [-0.2, 0) is 9.53 Å². The number of carbonyl (C=O) groups excluding carboxylic acids is 2. The third kappa shape index (κ3) is 5.62. The Labute approximate surface area is 155 Å². The normalized spacial score (nSPS) is 11.7. The summed E-state index contributed by atoms with van der Waals surface area (Å²) in [6.07, 6.45) is -0.104. The molecule has 26 heavy (non-hydrogen) atoms. The van der Waals surface area contributed by atoms with E-state index >= 15 is 0 Å². The van der Waals surface area contributed by atoms with Crippen LogP contribution in [0.1, 0.15) is 42.2 Å². The molecular weight excluding hydrogens is 328 g/mol. The van der Waals surface area contributed by atoms with Crippen molar-refractivity contribution in [1.82, 2.24) is 5.32 Å². The molecule has 0 spiro atoms. The Balaban J connectivity index is 2.19. The van der Waals surface area contributed by atoms with Gasteiger partial charge in [0.25, 0.3) is 5.91 Å². The van der Waals surface area contributed by atoms with Gasteiger partial charge in [-0.05, 0) is 37.6 Å². The zero-order valence-corrected chi connectivity index (χ0v) is 15.7. The van der Waals surface area contributed by atoms with Crippen LogP contribution in [0.2, 0.25) is 0 Å².